The van der Waals surface area contributed by atoms with Crippen LogP contribution in [0, 0.1) is 21.4 Å². The molecule has 0 aliphatic carbocycles. The molecule has 1 aliphatic heterocycles. The second-order valence-electron chi connectivity index (χ2n) is 5.38. The van der Waals surface area contributed by atoms with E-state index in [2.05, 4.69) is 4.98 Å². The Morgan fingerprint density at radius 3 is 3.00 bits per heavy atom. The Balaban J connectivity index is 2.00. The van der Waals surface area contributed by atoms with E-state index in [1.807, 2.05) is 0 Å². The number of nitro groups is 1. The molecule has 0 spiro atoms. The smallest absolute Gasteiger partial charge is 0.281 e. The zero-order valence-electron chi connectivity index (χ0n) is 12.0. The Morgan fingerprint density at radius 1 is 1.64 bits per heavy atom. The summed E-state index contributed by atoms with van der Waals surface area (Å²) in [6.45, 7) is 1.53. The van der Waals surface area contributed by atoms with Crippen LogP contribution in [-0.2, 0) is 4.74 Å². The summed E-state index contributed by atoms with van der Waals surface area (Å²) in [7, 11) is 0. The number of hydrogen-bond donors (Lipinski definition) is 2. The molecule has 0 radical (unpaired) electrons. The lowest BCUT2D eigenvalue weighted by atomic mass is 9.96. The van der Waals surface area contributed by atoms with Gasteiger partial charge in [-0.25, -0.2) is 4.98 Å². The third-order valence-electron chi connectivity index (χ3n) is 4.07. The molecule has 22 heavy (non-hydrogen) atoms. The highest BCUT2D eigenvalue weighted by molar-refractivity contribution is 5.86. The van der Waals surface area contributed by atoms with Crippen LogP contribution in [0.1, 0.15) is 19.6 Å². The summed E-state index contributed by atoms with van der Waals surface area (Å²) < 4.78 is 7.53. The first-order chi connectivity index (χ1) is 10.5. The highest BCUT2D eigenvalue weighted by Crippen LogP contribution is 2.37. The van der Waals surface area contributed by atoms with Gasteiger partial charge in [0.05, 0.1) is 23.0 Å². The number of aromatic nitrogens is 2. The normalized spacial score (nSPS) is 24.7. The van der Waals surface area contributed by atoms with Crippen LogP contribution in [0.4, 0.5) is 5.69 Å². The zero-order chi connectivity index (χ0) is 15.9. The van der Waals surface area contributed by atoms with Crippen molar-refractivity contribution >= 4 is 22.4 Å². The number of rotatable bonds is 4. The summed E-state index contributed by atoms with van der Waals surface area (Å²) in [5, 5.41) is 28.7. The van der Waals surface area contributed by atoms with Crippen molar-refractivity contribution < 1.29 is 14.8 Å². The van der Waals surface area contributed by atoms with Gasteiger partial charge in [-0.3, -0.25) is 10.1 Å². The van der Waals surface area contributed by atoms with Gasteiger partial charge in [-0.1, -0.05) is 0 Å². The third-order valence-corrected chi connectivity index (χ3v) is 4.07. The summed E-state index contributed by atoms with van der Waals surface area (Å²) >= 11 is 0. The Morgan fingerprint density at radius 2 is 2.41 bits per heavy atom. The standard InChI is InChI=1S/C14H16N4O4/c1-8(15)10-6-13(22-12(10)7-19)17-5-3-9-11(18(20)21)2-4-16-14(9)17/h2-5,10,12-13,15,19H,6-7H2,1H3/t10-,12-,13-/m1/s1. The molecule has 3 atom stereocenters. The van der Waals surface area contributed by atoms with Gasteiger partial charge in [-0.15, -0.1) is 0 Å². The van der Waals surface area contributed by atoms with E-state index in [1.54, 1.807) is 23.8 Å². The lowest BCUT2D eigenvalue weighted by Crippen LogP contribution is -2.25. The van der Waals surface area contributed by atoms with Gasteiger partial charge in [-0.05, 0) is 13.0 Å². The first-order valence-corrected chi connectivity index (χ1v) is 6.94. The van der Waals surface area contributed by atoms with Crippen molar-refractivity contribution in [1.82, 2.24) is 9.55 Å². The van der Waals surface area contributed by atoms with Crippen molar-refractivity contribution in [2.75, 3.05) is 6.61 Å². The lowest BCUT2D eigenvalue weighted by molar-refractivity contribution is -0.383. The van der Waals surface area contributed by atoms with Gasteiger partial charge in [0.1, 0.15) is 11.9 Å². The van der Waals surface area contributed by atoms with Gasteiger partial charge in [0.15, 0.2) is 0 Å². The van der Waals surface area contributed by atoms with Gasteiger partial charge in [0.25, 0.3) is 5.69 Å². The largest absolute Gasteiger partial charge is 0.394 e. The van der Waals surface area contributed by atoms with E-state index in [9.17, 15) is 15.2 Å². The first-order valence-electron chi connectivity index (χ1n) is 6.94. The topological polar surface area (TPSA) is 114 Å². The molecule has 3 rings (SSSR count). The van der Waals surface area contributed by atoms with Crippen LogP contribution in [0.5, 0.6) is 0 Å². The number of nitrogens with zero attached hydrogens (tertiary/aromatic N) is 3. The molecule has 0 bridgehead atoms. The summed E-state index contributed by atoms with van der Waals surface area (Å²) in [6, 6.07) is 3.01. The fraction of sp³-hybridized carbons (Fsp3) is 0.429. The van der Waals surface area contributed by atoms with Crippen molar-refractivity contribution in [2.45, 2.75) is 25.7 Å². The Kier molecular flexibility index (Phi) is 3.63. The summed E-state index contributed by atoms with van der Waals surface area (Å²) in [4.78, 5) is 14.8. The number of pyridine rings is 1. The van der Waals surface area contributed by atoms with Crippen molar-refractivity contribution in [2.24, 2.45) is 5.92 Å². The maximum atomic E-state index is 11.1. The minimum absolute atomic E-state index is 0.000222. The fourth-order valence-electron chi connectivity index (χ4n) is 2.96. The average Bonchev–Trinajstić information content (AvgIpc) is 3.09. The Labute approximate surface area is 126 Å². The van der Waals surface area contributed by atoms with E-state index >= 15 is 0 Å². The van der Waals surface area contributed by atoms with Crippen molar-refractivity contribution in [3.63, 3.8) is 0 Å². The molecule has 2 aromatic heterocycles. The quantitative estimate of drug-likeness (QED) is 0.508. The van der Waals surface area contributed by atoms with E-state index in [4.69, 9.17) is 10.1 Å². The molecule has 1 saturated heterocycles. The Bertz CT molecular complexity index is 742. The van der Waals surface area contributed by atoms with Crippen molar-refractivity contribution in [3.8, 4) is 0 Å². The van der Waals surface area contributed by atoms with Gasteiger partial charge < -0.3 is 19.8 Å². The predicted octanol–water partition coefficient (Wildman–Crippen LogP) is 1.88. The fourth-order valence-corrected chi connectivity index (χ4v) is 2.96. The van der Waals surface area contributed by atoms with E-state index in [0.29, 0.717) is 23.2 Å². The van der Waals surface area contributed by atoms with Gasteiger partial charge in [0, 0.05) is 36.5 Å². The maximum Gasteiger partial charge on any atom is 0.281 e. The van der Waals surface area contributed by atoms with E-state index in [1.165, 1.54) is 12.3 Å². The van der Waals surface area contributed by atoms with Crippen LogP contribution < -0.4 is 0 Å². The highest BCUT2D eigenvalue weighted by atomic mass is 16.6. The van der Waals surface area contributed by atoms with Crippen molar-refractivity contribution in [1.29, 1.82) is 5.41 Å². The number of fused-ring (bicyclic) bond motifs is 1. The molecule has 2 N–H and O–H groups in total. The predicted molar refractivity (Wildman–Crippen MR) is 78.9 cm³/mol. The lowest BCUT2D eigenvalue weighted by Gasteiger charge is -2.15. The third kappa shape index (κ3) is 2.26. The average molecular weight is 304 g/mol. The summed E-state index contributed by atoms with van der Waals surface area (Å²) in [5.41, 5.74) is 0.927. The second kappa shape index (κ2) is 5.47. The molecule has 3 heterocycles. The molecule has 8 nitrogen and oxygen atoms in total. The SMILES string of the molecule is CC(=N)[C@H]1C[C@H](n2ccc3c([N+](=O)[O-])ccnc32)O[C@@H]1CO. The molecule has 8 heteroatoms. The molecular formula is C14H16N4O4. The highest BCUT2D eigenvalue weighted by Gasteiger charge is 2.37. The summed E-state index contributed by atoms with van der Waals surface area (Å²) in [5.74, 6) is -0.161. The number of hydrogen-bond acceptors (Lipinski definition) is 6. The number of aliphatic hydroxyl groups excluding tert-OH is 1. The number of ether oxygens (including phenoxy) is 1. The maximum absolute atomic E-state index is 11.1. The second-order valence-corrected chi connectivity index (χ2v) is 5.38. The van der Waals surface area contributed by atoms with Crippen LogP contribution in [-0.4, -0.2) is 38.0 Å². The minimum atomic E-state index is -0.440. The van der Waals surface area contributed by atoms with Gasteiger partial charge >= 0.3 is 0 Å². The van der Waals surface area contributed by atoms with Crippen LogP contribution in [0.15, 0.2) is 24.5 Å². The monoisotopic (exact) mass is 304 g/mol. The minimum Gasteiger partial charge on any atom is -0.394 e. The van der Waals surface area contributed by atoms with Crippen LogP contribution in [0.2, 0.25) is 0 Å². The molecule has 0 unspecified atom stereocenters. The van der Waals surface area contributed by atoms with Crippen molar-refractivity contribution in [3.05, 3.63) is 34.6 Å². The number of aliphatic hydroxyl groups is 1. The van der Waals surface area contributed by atoms with E-state index < -0.39 is 17.3 Å². The van der Waals surface area contributed by atoms with Gasteiger partial charge in [0.2, 0.25) is 0 Å². The van der Waals surface area contributed by atoms with Crippen LogP contribution in [0.25, 0.3) is 11.0 Å². The molecule has 0 amide bonds. The molecule has 0 saturated carbocycles. The van der Waals surface area contributed by atoms with Crippen LogP contribution in [0.3, 0.4) is 0 Å². The molecule has 1 aliphatic rings. The number of nitrogens with one attached hydrogen (secondary N) is 1. The zero-order valence-corrected chi connectivity index (χ0v) is 12.0. The molecule has 116 valence electrons. The molecule has 2 aromatic rings. The first kappa shape index (κ1) is 14.6. The molecule has 0 aromatic carbocycles. The van der Waals surface area contributed by atoms with E-state index in [-0.39, 0.29) is 18.2 Å². The van der Waals surface area contributed by atoms with Gasteiger partial charge in [-0.2, -0.15) is 0 Å². The summed E-state index contributed by atoms with van der Waals surface area (Å²) in [6.07, 6.45) is 2.81. The Hall–Kier alpha value is -2.32. The van der Waals surface area contributed by atoms with Crippen LogP contribution >= 0.6 is 0 Å². The molecular weight excluding hydrogens is 288 g/mol. The van der Waals surface area contributed by atoms with E-state index in [0.717, 1.165) is 0 Å². The molecule has 1 fully saturated rings.